The highest BCUT2D eigenvalue weighted by Gasteiger charge is 2.23. The molecule has 1 aliphatic rings. The van der Waals surface area contributed by atoms with Crippen LogP contribution in [0.2, 0.25) is 0 Å². The number of carbonyl (C=O) groups excluding carboxylic acids is 1. The van der Waals surface area contributed by atoms with Crippen molar-refractivity contribution in [3.05, 3.63) is 18.2 Å². The summed E-state index contributed by atoms with van der Waals surface area (Å²) in [5, 5.41) is 6.58. The van der Waals surface area contributed by atoms with E-state index < -0.39 is 0 Å². The first kappa shape index (κ1) is 15.0. The molecular formula is C15H26N4O. The van der Waals surface area contributed by atoms with Gasteiger partial charge in [-0.05, 0) is 47.0 Å². The van der Waals surface area contributed by atoms with Gasteiger partial charge in [0.05, 0.1) is 12.0 Å². The molecular weight excluding hydrogens is 252 g/mol. The lowest BCUT2D eigenvalue weighted by Crippen LogP contribution is -2.42. The van der Waals surface area contributed by atoms with Crippen molar-refractivity contribution in [1.82, 2.24) is 20.2 Å². The Balaban J connectivity index is 2.03. The quantitative estimate of drug-likeness (QED) is 0.889. The molecule has 0 aliphatic carbocycles. The fourth-order valence-electron chi connectivity index (χ4n) is 2.74. The molecule has 2 N–H and O–H groups in total. The van der Waals surface area contributed by atoms with Gasteiger partial charge < -0.3 is 15.2 Å². The van der Waals surface area contributed by atoms with Gasteiger partial charge in [0.2, 0.25) is 5.91 Å². The first-order valence-electron chi connectivity index (χ1n) is 7.42. The Bertz CT molecular complexity index is 461. The van der Waals surface area contributed by atoms with Crippen molar-refractivity contribution in [3.63, 3.8) is 0 Å². The minimum Gasteiger partial charge on any atom is -0.350 e. The van der Waals surface area contributed by atoms with Gasteiger partial charge in [0.1, 0.15) is 6.54 Å². The second-order valence-electron chi connectivity index (χ2n) is 6.80. The third-order valence-corrected chi connectivity index (χ3v) is 3.55. The predicted molar refractivity (Wildman–Crippen MR) is 79.3 cm³/mol. The van der Waals surface area contributed by atoms with Gasteiger partial charge in [0.25, 0.3) is 0 Å². The number of nitrogens with one attached hydrogen (secondary N) is 2. The fraction of sp³-hybridized carbons (Fsp3) is 0.733. The molecule has 0 aromatic carbocycles. The van der Waals surface area contributed by atoms with Gasteiger partial charge in [-0.25, -0.2) is 4.98 Å². The van der Waals surface area contributed by atoms with E-state index in [0.717, 1.165) is 12.1 Å². The molecule has 2 unspecified atom stereocenters. The predicted octanol–water partition coefficient (Wildman–Crippen LogP) is 2.00. The van der Waals surface area contributed by atoms with Crippen molar-refractivity contribution in [2.45, 2.75) is 71.1 Å². The van der Waals surface area contributed by atoms with E-state index in [1.165, 1.54) is 12.8 Å². The molecule has 1 aromatic rings. The van der Waals surface area contributed by atoms with Crippen LogP contribution in [0.3, 0.4) is 0 Å². The zero-order valence-corrected chi connectivity index (χ0v) is 12.9. The van der Waals surface area contributed by atoms with Crippen molar-refractivity contribution in [1.29, 1.82) is 0 Å². The molecule has 1 amide bonds. The molecule has 5 heteroatoms. The number of imidazole rings is 1. The zero-order valence-electron chi connectivity index (χ0n) is 12.9. The second-order valence-corrected chi connectivity index (χ2v) is 6.80. The van der Waals surface area contributed by atoms with Gasteiger partial charge in [0.15, 0.2) is 0 Å². The maximum absolute atomic E-state index is 12.0. The SMILES string of the molecule is CC1CCCC(c2cncn2CC(=O)NC(C)(C)C)N1. The Morgan fingerprint density at radius 1 is 1.50 bits per heavy atom. The molecule has 0 saturated carbocycles. The highest BCUT2D eigenvalue weighted by Crippen LogP contribution is 2.25. The van der Waals surface area contributed by atoms with E-state index in [1.54, 1.807) is 6.33 Å². The second kappa shape index (κ2) is 5.95. The van der Waals surface area contributed by atoms with Crippen molar-refractivity contribution in [3.8, 4) is 0 Å². The van der Waals surface area contributed by atoms with E-state index in [1.807, 2.05) is 31.5 Å². The Morgan fingerprint density at radius 2 is 2.25 bits per heavy atom. The van der Waals surface area contributed by atoms with E-state index in [0.29, 0.717) is 18.6 Å². The lowest BCUT2D eigenvalue weighted by Gasteiger charge is -2.29. The molecule has 1 fully saturated rings. The standard InChI is InChI=1S/C15H26N4O/c1-11-6-5-7-12(17-11)13-8-16-10-19(13)9-14(20)18-15(2,3)4/h8,10-12,17H,5-7,9H2,1-4H3,(H,18,20). The molecule has 1 aromatic heterocycles. The summed E-state index contributed by atoms with van der Waals surface area (Å²) in [5.41, 5.74) is 0.913. The number of nitrogens with zero attached hydrogens (tertiary/aromatic N) is 2. The number of amides is 1. The van der Waals surface area contributed by atoms with Crippen LogP contribution < -0.4 is 10.6 Å². The summed E-state index contributed by atoms with van der Waals surface area (Å²) in [6, 6.07) is 0.837. The number of hydrogen-bond donors (Lipinski definition) is 2. The van der Waals surface area contributed by atoms with Crippen LogP contribution in [-0.4, -0.2) is 27.0 Å². The fourth-order valence-corrected chi connectivity index (χ4v) is 2.74. The lowest BCUT2D eigenvalue weighted by molar-refractivity contribution is -0.123. The van der Waals surface area contributed by atoms with Crippen LogP contribution in [0, 0.1) is 0 Å². The topological polar surface area (TPSA) is 59.0 Å². The van der Waals surface area contributed by atoms with E-state index in [9.17, 15) is 4.79 Å². The van der Waals surface area contributed by atoms with Gasteiger partial charge in [0, 0.05) is 23.8 Å². The van der Waals surface area contributed by atoms with Gasteiger partial charge >= 0.3 is 0 Å². The monoisotopic (exact) mass is 278 g/mol. The van der Waals surface area contributed by atoms with Crippen LogP contribution in [0.25, 0.3) is 0 Å². The maximum Gasteiger partial charge on any atom is 0.240 e. The molecule has 1 aliphatic heterocycles. The van der Waals surface area contributed by atoms with Gasteiger partial charge in [-0.3, -0.25) is 4.79 Å². The van der Waals surface area contributed by atoms with Crippen LogP contribution in [-0.2, 0) is 11.3 Å². The van der Waals surface area contributed by atoms with Crippen LogP contribution in [0.4, 0.5) is 0 Å². The average molecular weight is 278 g/mol. The minimum absolute atomic E-state index is 0.0283. The van der Waals surface area contributed by atoms with Gasteiger partial charge in [-0.15, -0.1) is 0 Å². The molecule has 112 valence electrons. The van der Waals surface area contributed by atoms with Crippen LogP contribution in [0.5, 0.6) is 0 Å². The van der Waals surface area contributed by atoms with E-state index in [-0.39, 0.29) is 11.4 Å². The summed E-state index contributed by atoms with van der Waals surface area (Å²) in [7, 11) is 0. The maximum atomic E-state index is 12.0. The van der Waals surface area contributed by atoms with Crippen molar-refractivity contribution >= 4 is 5.91 Å². The smallest absolute Gasteiger partial charge is 0.240 e. The molecule has 5 nitrogen and oxygen atoms in total. The molecule has 2 heterocycles. The molecule has 2 rings (SSSR count). The molecule has 20 heavy (non-hydrogen) atoms. The molecule has 0 bridgehead atoms. The average Bonchev–Trinajstić information content (AvgIpc) is 2.74. The normalized spacial score (nSPS) is 23.6. The summed E-state index contributed by atoms with van der Waals surface area (Å²) in [6.07, 6.45) is 7.17. The van der Waals surface area contributed by atoms with Crippen molar-refractivity contribution in [2.75, 3.05) is 0 Å². The number of piperidine rings is 1. The van der Waals surface area contributed by atoms with Crippen molar-refractivity contribution in [2.24, 2.45) is 0 Å². The Hall–Kier alpha value is -1.36. The molecule has 0 spiro atoms. The number of rotatable bonds is 3. The number of carbonyl (C=O) groups is 1. The van der Waals surface area contributed by atoms with Crippen LogP contribution in [0.1, 0.15) is 58.7 Å². The zero-order chi connectivity index (χ0) is 14.8. The first-order valence-corrected chi connectivity index (χ1v) is 7.42. The summed E-state index contributed by atoms with van der Waals surface area (Å²) >= 11 is 0. The summed E-state index contributed by atoms with van der Waals surface area (Å²) in [6.45, 7) is 8.51. The van der Waals surface area contributed by atoms with Crippen LogP contribution in [0.15, 0.2) is 12.5 Å². The molecule has 0 radical (unpaired) electrons. The summed E-state index contributed by atoms with van der Waals surface area (Å²) in [5.74, 6) is 0.0283. The van der Waals surface area contributed by atoms with E-state index in [2.05, 4.69) is 22.5 Å². The Labute approximate surface area is 121 Å². The third-order valence-electron chi connectivity index (χ3n) is 3.55. The van der Waals surface area contributed by atoms with Gasteiger partial charge in [-0.2, -0.15) is 0 Å². The number of aromatic nitrogens is 2. The van der Waals surface area contributed by atoms with Crippen LogP contribution >= 0.6 is 0 Å². The van der Waals surface area contributed by atoms with Crippen molar-refractivity contribution < 1.29 is 4.79 Å². The highest BCUT2D eigenvalue weighted by atomic mass is 16.2. The molecule has 1 saturated heterocycles. The largest absolute Gasteiger partial charge is 0.350 e. The lowest BCUT2D eigenvalue weighted by atomic mass is 9.97. The number of hydrogen-bond acceptors (Lipinski definition) is 3. The van der Waals surface area contributed by atoms with E-state index in [4.69, 9.17) is 0 Å². The Kier molecular flexibility index (Phi) is 4.48. The molecule has 2 atom stereocenters. The Morgan fingerprint density at radius 3 is 2.90 bits per heavy atom. The minimum atomic E-state index is -0.199. The van der Waals surface area contributed by atoms with Gasteiger partial charge in [-0.1, -0.05) is 0 Å². The first-order chi connectivity index (χ1) is 9.35. The third kappa shape index (κ3) is 4.07. The summed E-state index contributed by atoms with van der Waals surface area (Å²) < 4.78 is 1.96. The van der Waals surface area contributed by atoms with E-state index >= 15 is 0 Å². The highest BCUT2D eigenvalue weighted by molar-refractivity contribution is 5.76. The summed E-state index contributed by atoms with van der Waals surface area (Å²) in [4.78, 5) is 16.3.